The fraction of sp³-hybridized carbons (Fsp3) is 0.350. The number of methoxy groups -OCH3 is 1. The largest absolute Gasteiger partial charge is 0.491 e. The second-order valence-corrected chi connectivity index (χ2v) is 6.36. The Labute approximate surface area is 157 Å². The number of benzene rings is 2. The molecule has 0 radical (unpaired) electrons. The summed E-state index contributed by atoms with van der Waals surface area (Å²) in [5.74, 6) is 1.95. The molecule has 1 aliphatic rings. The third kappa shape index (κ3) is 3.25. The van der Waals surface area contributed by atoms with Crippen LogP contribution in [0.5, 0.6) is 11.5 Å². The predicted octanol–water partition coefficient (Wildman–Crippen LogP) is 3.70. The number of halogens is 1. The first kappa shape index (κ1) is 17.5. The Bertz CT molecular complexity index is 935. The Balaban J connectivity index is 1.53. The van der Waals surface area contributed by atoms with E-state index in [9.17, 15) is 4.39 Å². The number of anilines is 2. The van der Waals surface area contributed by atoms with Gasteiger partial charge in [0, 0.05) is 32.2 Å². The lowest BCUT2D eigenvalue weighted by Crippen LogP contribution is -2.46. The second kappa shape index (κ2) is 7.34. The number of para-hydroxylation sites is 1. The van der Waals surface area contributed by atoms with E-state index in [-0.39, 0.29) is 5.82 Å². The van der Waals surface area contributed by atoms with Crippen molar-refractivity contribution in [2.75, 3.05) is 49.7 Å². The summed E-state index contributed by atoms with van der Waals surface area (Å²) in [7, 11) is 1.66. The van der Waals surface area contributed by atoms with Crippen LogP contribution in [-0.2, 0) is 0 Å². The van der Waals surface area contributed by atoms with Crippen molar-refractivity contribution in [2.24, 2.45) is 0 Å². The van der Waals surface area contributed by atoms with Gasteiger partial charge in [-0.2, -0.15) is 0 Å². The van der Waals surface area contributed by atoms with Gasteiger partial charge in [0.05, 0.1) is 24.8 Å². The molecule has 3 aromatic rings. The Hall–Kier alpha value is -2.96. The minimum atomic E-state index is -0.323. The lowest BCUT2D eigenvalue weighted by atomic mass is 10.2. The van der Waals surface area contributed by atoms with Crippen LogP contribution in [-0.4, -0.2) is 45.1 Å². The van der Waals surface area contributed by atoms with E-state index in [0.717, 1.165) is 54.6 Å². The van der Waals surface area contributed by atoms with Crippen LogP contribution in [0.1, 0.15) is 6.92 Å². The smallest absolute Gasteiger partial charge is 0.184 e. The minimum absolute atomic E-state index is 0.323. The van der Waals surface area contributed by atoms with Crippen LogP contribution >= 0.6 is 0 Å². The molecular weight excluding hydrogens is 349 g/mol. The third-order valence-corrected chi connectivity index (χ3v) is 4.80. The summed E-state index contributed by atoms with van der Waals surface area (Å²) < 4.78 is 29.9. The van der Waals surface area contributed by atoms with Crippen LogP contribution in [0, 0.1) is 5.82 Å². The minimum Gasteiger partial charge on any atom is -0.491 e. The summed E-state index contributed by atoms with van der Waals surface area (Å²) in [6.45, 7) is 5.72. The van der Waals surface area contributed by atoms with Gasteiger partial charge >= 0.3 is 0 Å². The molecule has 2 heterocycles. The van der Waals surface area contributed by atoms with Crippen LogP contribution in [0.3, 0.4) is 0 Å². The van der Waals surface area contributed by atoms with Crippen molar-refractivity contribution in [3.8, 4) is 11.5 Å². The highest BCUT2D eigenvalue weighted by Crippen LogP contribution is 2.38. The summed E-state index contributed by atoms with van der Waals surface area (Å²) in [4.78, 5) is 4.44. The van der Waals surface area contributed by atoms with Gasteiger partial charge < -0.3 is 23.8 Å². The number of fused-ring (bicyclic) bond motifs is 1. The maximum Gasteiger partial charge on any atom is 0.184 e. The highest BCUT2D eigenvalue weighted by Gasteiger charge is 2.24. The molecule has 4 rings (SSSR count). The highest BCUT2D eigenvalue weighted by atomic mass is 19.1. The lowest BCUT2D eigenvalue weighted by molar-refractivity contribution is 0.311. The van der Waals surface area contributed by atoms with Gasteiger partial charge in [-0.25, -0.2) is 4.39 Å². The Morgan fingerprint density at radius 3 is 2.63 bits per heavy atom. The van der Waals surface area contributed by atoms with E-state index in [1.807, 2.05) is 25.1 Å². The number of aromatic nitrogens is 1. The van der Waals surface area contributed by atoms with Crippen molar-refractivity contribution in [3.05, 3.63) is 42.2 Å². The van der Waals surface area contributed by atoms with Gasteiger partial charge in [0.2, 0.25) is 0 Å². The molecule has 0 N–H and O–H groups in total. The van der Waals surface area contributed by atoms with E-state index in [0.29, 0.717) is 12.2 Å². The maximum absolute atomic E-state index is 13.4. The number of hydrogen-bond donors (Lipinski definition) is 0. The third-order valence-electron chi connectivity index (χ3n) is 4.80. The number of nitrogens with zero attached hydrogens (tertiary/aromatic N) is 3. The van der Waals surface area contributed by atoms with E-state index in [2.05, 4.69) is 15.0 Å². The zero-order valence-electron chi connectivity index (χ0n) is 15.4. The van der Waals surface area contributed by atoms with Crippen molar-refractivity contribution < 1.29 is 18.4 Å². The molecule has 6 nitrogen and oxygen atoms in total. The van der Waals surface area contributed by atoms with Gasteiger partial charge in [0.15, 0.2) is 22.9 Å². The Morgan fingerprint density at radius 2 is 1.89 bits per heavy atom. The van der Waals surface area contributed by atoms with Gasteiger partial charge in [0.1, 0.15) is 5.82 Å². The van der Waals surface area contributed by atoms with Gasteiger partial charge in [-0.15, -0.1) is 0 Å². The van der Waals surface area contributed by atoms with Crippen molar-refractivity contribution in [3.63, 3.8) is 0 Å². The molecule has 0 spiro atoms. The number of hydrogen-bond acceptors (Lipinski definition) is 6. The summed E-state index contributed by atoms with van der Waals surface area (Å²) in [6, 6.07) is 10.5. The first-order valence-corrected chi connectivity index (χ1v) is 9.06. The molecule has 0 aliphatic carbocycles. The predicted molar refractivity (Wildman–Crippen MR) is 103 cm³/mol. The first-order valence-electron chi connectivity index (χ1n) is 9.06. The normalized spacial score (nSPS) is 14.6. The highest BCUT2D eigenvalue weighted by molar-refractivity contribution is 5.88. The quantitative estimate of drug-likeness (QED) is 0.682. The molecule has 0 atom stereocenters. The molecule has 0 unspecified atom stereocenters. The van der Waals surface area contributed by atoms with Crippen molar-refractivity contribution in [1.29, 1.82) is 0 Å². The lowest BCUT2D eigenvalue weighted by Gasteiger charge is -2.36. The molecule has 0 amide bonds. The monoisotopic (exact) mass is 371 g/mol. The molecule has 7 heteroatoms. The van der Waals surface area contributed by atoms with Gasteiger partial charge in [-0.1, -0.05) is 11.2 Å². The Kier molecular flexibility index (Phi) is 4.75. The van der Waals surface area contributed by atoms with E-state index >= 15 is 0 Å². The molecule has 27 heavy (non-hydrogen) atoms. The molecule has 142 valence electrons. The zero-order chi connectivity index (χ0) is 18.8. The number of rotatable bonds is 5. The van der Waals surface area contributed by atoms with Crippen molar-refractivity contribution in [2.45, 2.75) is 6.92 Å². The van der Waals surface area contributed by atoms with Crippen LogP contribution in [0.25, 0.3) is 11.0 Å². The van der Waals surface area contributed by atoms with Crippen LogP contribution in [0.2, 0.25) is 0 Å². The van der Waals surface area contributed by atoms with Gasteiger partial charge in [-0.3, -0.25) is 0 Å². The van der Waals surface area contributed by atoms with E-state index in [1.165, 1.54) is 12.1 Å². The van der Waals surface area contributed by atoms with Crippen molar-refractivity contribution >= 4 is 22.5 Å². The summed E-state index contributed by atoms with van der Waals surface area (Å²) in [5.41, 5.74) is 1.49. The summed E-state index contributed by atoms with van der Waals surface area (Å²) in [6.07, 6.45) is 0. The second-order valence-electron chi connectivity index (χ2n) is 6.36. The van der Waals surface area contributed by atoms with Gasteiger partial charge in [-0.05, 0) is 31.2 Å². The molecule has 1 saturated heterocycles. The molecule has 0 bridgehead atoms. The molecular formula is C20H22FN3O3. The zero-order valence-corrected chi connectivity index (χ0v) is 15.4. The number of piperazine rings is 1. The molecule has 1 fully saturated rings. The van der Waals surface area contributed by atoms with Crippen molar-refractivity contribution in [1.82, 2.24) is 5.16 Å². The fourth-order valence-corrected chi connectivity index (χ4v) is 3.51. The fourth-order valence-electron chi connectivity index (χ4n) is 3.51. The average molecular weight is 371 g/mol. The average Bonchev–Trinajstić information content (AvgIpc) is 3.11. The summed E-state index contributed by atoms with van der Waals surface area (Å²) in [5, 5.41) is 4.99. The number of ether oxygens (including phenoxy) is 2. The topological polar surface area (TPSA) is 51.0 Å². The van der Waals surface area contributed by atoms with Gasteiger partial charge in [0.25, 0.3) is 0 Å². The van der Waals surface area contributed by atoms with E-state index < -0.39 is 0 Å². The van der Waals surface area contributed by atoms with Crippen LogP contribution in [0.4, 0.5) is 15.9 Å². The maximum atomic E-state index is 13.4. The first-order chi connectivity index (χ1) is 13.2. The van der Waals surface area contributed by atoms with E-state index in [1.54, 1.807) is 13.2 Å². The standard InChI is InChI=1S/C20H22FN3O3/c1-3-26-17-6-4-5-16(19(17)25-2)23-9-11-24(12-10-23)20-15-8-7-14(21)13-18(15)27-22-20/h4-8,13H,3,9-12H2,1-2H3. The molecule has 1 aromatic heterocycles. The molecule has 1 aliphatic heterocycles. The Morgan fingerprint density at radius 1 is 1.11 bits per heavy atom. The molecule has 0 saturated carbocycles. The SMILES string of the molecule is CCOc1cccc(N2CCN(c3noc4cc(F)ccc34)CC2)c1OC. The van der Waals surface area contributed by atoms with E-state index in [4.69, 9.17) is 14.0 Å². The van der Waals surface area contributed by atoms with Crippen LogP contribution < -0.4 is 19.3 Å². The molecule has 2 aromatic carbocycles. The summed E-state index contributed by atoms with van der Waals surface area (Å²) >= 11 is 0. The van der Waals surface area contributed by atoms with Crippen LogP contribution in [0.15, 0.2) is 40.9 Å².